The Morgan fingerprint density at radius 2 is 1.55 bits per heavy atom. The summed E-state index contributed by atoms with van der Waals surface area (Å²) in [4.78, 5) is 0.841. The van der Waals surface area contributed by atoms with E-state index in [-0.39, 0.29) is 6.61 Å². The number of fused-ring (bicyclic) bond motifs is 1. The molecule has 0 saturated heterocycles. The molecule has 3 rings (SSSR count). The Morgan fingerprint density at radius 1 is 1.00 bits per heavy atom. The topological polar surface area (TPSA) is 49.8 Å². The summed E-state index contributed by atoms with van der Waals surface area (Å²) in [5.41, 5.74) is 4.92. The van der Waals surface area contributed by atoms with Gasteiger partial charge in [-0.15, -0.1) is 0 Å². The highest BCUT2D eigenvalue weighted by atomic mass is 32.2. The third-order valence-corrected chi connectivity index (χ3v) is 6.00. The number of nitrogens with zero attached hydrogens (tertiary/aromatic N) is 1. The third-order valence-electron chi connectivity index (χ3n) is 4.23. The van der Waals surface area contributed by atoms with E-state index in [1.54, 1.807) is 7.11 Å². The van der Waals surface area contributed by atoms with Crippen LogP contribution in [0.2, 0.25) is 0 Å². The second-order valence-corrected chi connectivity index (χ2v) is 7.16. The molecule has 5 heteroatoms. The van der Waals surface area contributed by atoms with Gasteiger partial charge in [0.2, 0.25) is 0 Å². The lowest BCUT2D eigenvalue weighted by molar-refractivity contribution is 0.282. The molecule has 164 valence electrons. The van der Waals surface area contributed by atoms with Crippen molar-refractivity contribution >= 4 is 16.7 Å². The number of hydrogen-bond acceptors (Lipinski definition) is 3. The first kappa shape index (κ1) is 27.1. The molecule has 0 spiro atoms. The molecule has 1 N–H and O–H groups in total. The molecule has 0 amide bonds. The van der Waals surface area contributed by atoms with Gasteiger partial charge < -0.3 is 9.84 Å². The van der Waals surface area contributed by atoms with Crippen molar-refractivity contribution in [1.82, 2.24) is 0 Å². The number of methoxy groups -OCH3 is 1. The largest absolute Gasteiger partial charge is 0.497 e. The summed E-state index contributed by atoms with van der Waals surface area (Å²) in [6.07, 6.45) is 0.876. The minimum absolute atomic E-state index is 0.00561. The fraction of sp³-hybridized carbons (Fsp3) is 0.500. The molecular formula is C24H39NO3S. The number of ether oxygens (including phenoxy) is 1. The maximum Gasteiger partial charge on any atom is 0.153 e. The van der Waals surface area contributed by atoms with Gasteiger partial charge in [0.1, 0.15) is 5.75 Å². The lowest BCUT2D eigenvalue weighted by Crippen LogP contribution is -2.24. The molecule has 1 aliphatic rings. The van der Waals surface area contributed by atoms with E-state index >= 15 is 0 Å². The third kappa shape index (κ3) is 6.58. The highest BCUT2D eigenvalue weighted by molar-refractivity contribution is 7.86. The summed E-state index contributed by atoms with van der Waals surface area (Å²) < 4.78 is 20.4. The fourth-order valence-electron chi connectivity index (χ4n) is 3.08. The van der Waals surface area contributed by atoms with Gasteiger partial charge in [-0.1, -0.05) is 53.7 Å². The average Bonchev–Trinajstić information content (AvgIpc) is 3.20. The van der Waals surface area contributed by atoms with Crippen LogP contribution in [-0.4, -0.2) is 23.0 Å². The van der Waals surface area contributed by atoms with Crippen molar-refractivity contribution in [2.45, 2.75) is 73.3 Å². The van der Waals surface area contributed by atoms with Crippen molar-refractivity contribution in [2.75, 3.05) is 18.0 Å². The van der Waals surface area contributed by atoms with Crippen molar-refractivity contribution in [3.05, 3.63) is 52.6 Å². The number of aliphatic hydroxyl groups excluding tert-OH is 1. The van der Waals surface area contributed by atoms with Crippen molar-refractivity contribution in [3.8, 4) is 5.75 Å². The van der Waals surface area contributed by atoms with Crippen LogP contribution in [0.5, 0.6) is 5.75 Å². The highest BCUT2D eigenvalue weighted by Crippen LogP contribution is 2.34. The minimum atomic E-state index is -1.27. The first-order valence-electron chi connectivity index (χ1n) is 10.6. The van der Waals surface area contributed by atoms with Crippen LogP contribution in [0.1, 0.15) is 63.8 Å². The molecule has 0 aromatic heterocycles. The number of hydrogen-bond donors (Lipinski definition) is 1. The minimum Gasteiger partial charge on any atom is -0.497 e. The number of anilines is 1. The number of aryl methyl sites for hydroxylation is 2. The summed E-state index contributed by atoms with van der Waals surface area (Å²) >= 11 is 0. The van der Waals surface area contributed by atoms with Crippen molar-refractivity contribution in [2.24, 2.45) is 0 Å². The molecule has 0 saturated carbocycles. The van der Waals surface area contributed by atoms with E-state index in [0.29, 0.717) is 0 Å². The first-order chi connectivity index (χ1) is 14.0. The van der Waals surface area contributed by atoms with Gasteiger partial charge in [-0.05, 0) is 60.7 Å². The molecule has 1 heterocycles. The van der Waals surface area contributed by atoms with Gasteiger partial charge in [0, 0.05) is 6.54 Å². The maximum atomic E-state index is 13.2. The van der Waals surface area contributed by atoms with Crippen LogP contribution < -0.4 is 9.04 Å². The van der Waals surface area contributed by atoms with Crippen LogP contribution in [0.15, 0.2) is 35.2 Å². The summed E-state index contributed by atoms with van der Waals surface area (Å²) in [6.45, 7) is 16.6. The molecule has 2 aromatic carbocycles. The smallest absolute Gasteiger partial charge is 0.153 e. The average molecular weight is 422 g/mol. The van der Waals surface area contributed by atoms with Crippen LogP contribution in [0, 0.1) is 13.8 Å². The molecule has 4 nitrogen and oxygen atoms in total. The quantitative estimate of drug-likeness (QED) is 0.662. The van der Waals surface area contributed by atoms with E-state index in [4.69, 9.17) is 4.74 Å². The monoisotopic (exact) mass is 421 g/mol. The number of aliphatic hydroxyl groups is 1. The van der Waals surface area contributed by atoms with E-state index in [1.807, 2.05) is 90.0 Å². The van der Waals surface area contributed by atoms with E-state index in [2.05, 4.69) is 0 Å². The van der Waals surface area contributed by atoms with Gasteiger partial charge in [0.15, 0.2) is 11.0 Å². The van der Waals surface area contributed by atoms with Crippen molar-refractivity contribution in [3.63, 3.8) is 0 Å². The van der Waals surface area contributed by atoms with Crippen LogP contribution in [0.3, 0.4) is 0 Å². The van der Waals surface area contributed by atoms with Crippen LogP contribution in [0.4, 0.5) is 5.69 Å². The van der Waals surface area contributed by atoms with Gasteiger partial charge in [0.25, 0.3) is 0 Å². The molecule has 1 aliphatic heterocycles. The molecule has 29 heavy (non-hydrogen) atoms. The van der Waals surface area contributed by atoms with Gasteiger partial charge in [-0.2, -0.15) is 0 Å². The number of rotatable bonds is 4. The molecule has 1 unspecified atom stereocenters. The first-order valence-corrected chi connectivity index (χ1v) is 11.7. The molecule has 0 fully saturated rings. The zero-order valence-corrected chi connectivity index (χ0v) is 20.4. The maximum absolute atomic E-state index is 13.2. The number of benzene rings is 2. The van der Waals surface area contributed by atoms with E-state index in [9.17, 15) is 9.32 Å². The Balaban J connectivity index is 0.00000120. The Kier molecular flexibility index (Phi) is 13.3. The summed E-state index contributed by atoms with van der Waals surface area (Å²) in [5.74, 6) is 0.783. The van der Waals surface area contributed by atoms with E-state index < -0.39 is 11.0 Å². The Morgan fingerprint density at radius 3 is 2.03 bits per heavy atom. The molecule has 0 bridgehead atoms. The second kappa shape index (κ2) is 14.2. The summed E-state index contributed by atoms with van der Waals surface area (Å²) in [6, 6.07) is 9.72. The molecule has 2 aromatic rings. The van der Waals surface area contributed by atoms with Gasteiger partial charge in [-0.25, -0.2) is 4.21 Å². The Bertz CT molecular complexity index is 752. The predicted molar refractivity (Wildman–Crippen MR) is 126 cm³/mol. The highest BCUT2D eigenvalue weighted by Gasteiger charge is 2.27. The van der Waals surface area contributed by atoms with E-state index in [0.717, 1.165) is 46.0 Å². The van der Waals surface area contributed by atoms with Crippen molar-refractivity contribution in [1.29, 1.82) is 0 Å². The molecule has 0 aliphatic carbocycles. The van der Waals surface area contributed by atoms with Crippen LogP contribution in [0.25, 0.3) is 0 Å². The normalized spacial score (nSPS) is 12.3. The second-order valence-electron chi connectivity index (χ2n) is 5.81. The van der Waals surface area contributed by atoms with Crippen LogP contribution >= 0.6 is 0 Å². The molecular weight excluding hydrogens is 382 g/mol. The lowest BCUT2D eigenvalue weighted by Gasteiger charge is -2.21. The summed E-state index contributed by atoms with van der Waals surface area (Å²) in [7, 11) is 0.369. The Labute approximate surface area is 180 Å². The predicted octanol–water partition coefficient (Wildman–Crippen LogP) is 5.97. The standard InChI is InChI=1S/C18H21NO3S.3C2H6/c1-12-8-16(22-3)9-13(2)18(12)23(21)19-7-6-15-5-4-14(11-20)10-17(15)19;3*1-2/h4-5,8-10,20H,6-7,11H2,1-3H3;3*1-2H3. The van der Waals surface area contributed by atoms with Gasteiger partial charge in [0.05, 0.1) is 24.3 Å². The fourth-order valence-corrected chi connectivity index (χ4v) is 4.57. The zero-order chi connectivity index (χ0) is 22.6. The molecule has 0 radical (unpaired) electrons. The van der Waals surface area contributed by atoms with Crippen molar-refractivity contribution < 1.29 is 14.1 Å². The lowest BCUT2D eigenvalue weighted by atomic mass is 10.1. The molecule has 1 atom stereocenters. The summed E-state index contributed by atoms with van der Waals surface area (Å²) in [5, 5.41) is 9.35. The SMILES string of the molecule is CC.CC.CC.COc1cc(C)c(S(=O)N2CCc3ccc(CO)cc32)c(C)c1. The Hall–Kier alpha value is -1.85. The van der Waals surface area contributed by atoms with Gasteiger partial charge >= 0.3 is 0 Å². The van der Waals surface area contributed by atoms with E-state index in [1.165, 1.54) is 5.56 Å². The zero-order valence-electron chi connectivity index (χ0n) is 19.6. The van der Waals surface area contributed by atoms with Crippen LogP contribution in [-0.2, 0) is 24.0 Å². The van der Waals surface area contributed by atoms with Gasteiger partial charge in [-0.3, -0.25) is 4.31 Å².